The van der Waals surface area contributed by atoms with Crippen molar-refractivity contribution < 1.29 is 14.7 Å². The number of carboxylic acids is 1. The second kappa shape index (κ2) is 7.14. The zero-order chi connectivity index (χ0) is 14.4. The van der Waals surface area contributed by atoms with Gasteiger partial charge in [0, 0.05) is 17.9 Å². The Balaban J connectivity index is 2.47. The number of rotatable bonds is 6. The van der Waals surface area contributed by atoms with Crippen molar-refractivity contribution in [2.24, 2.45) is 5.92 Å². The highest BCUT2D eigenvalue weighted by Crippen LogP contribution is 2.16. The molecule has 104 valence electrons. The number of halogens is 1. The van der Waals surface area contributed by atoms with Crippen molar-refractivity contribution in [2.45, 2.75) is 32.7 Å². The summed E-state index contributed by atoms with van der Waals surface area (Å²) in [5.41, 5.74) is 0.962. The van der Waals surface area contributed by atoms with Crippen LogP contribution in [0.1, 0.15) is 38.3 Å². The number of carboxylic acid groups (broad SMARTS) is 1. The lowest BCUT2D eigenvalue weighted by Crippen LogP contribution is -2.28. The first-order valence-corrected chi connectivity index (χ1v) is 6.53. The van der Waals surface area contributed by atoms with E-state index in [0.29, 0.717) is 5.02 Å². The summed E-state index contributed by atoms with van der Waals surface area (Å²) in [6, 6.07) is 7.13. The summed E-state index contributed by atoms with van der Waals surface area (Å²) in [7, 11) is 0. The molecule has 0 aliphatic heterocycles. The van der Waals surface area contributed by atoms with E-state index in [1.807, 2.05) is 19.1 Å². The van der Waals surface area contributed by atoms with Crippen molar-refractivity contribution in [1.82, 2.24) is 5.32 Å². The average Bonchev–Trinajstić information content (AvgIpc) is 2.27. The van der Waals surface area contributed by atoms with Gasteiger partial charge in [-0.05, 0) is 30.5 Å². The lowest BCUT2D eigenvalue weighted by atomic mass is 10.0. The second-order valence-corrected chi connectivity index (χ2v) is 5.18. The van der Waals surface area contributed by atoms with Crippen LogP contribution in [0.25, 0.3) is 0 Å². The van der Waals surface area contributed by atoms with E-state index in [-0.39, 0.29) is 30.7 Å². The Hall–Kier alpha value is -1.55. The average molecular weight is 284 g/mol. The van der Waals surface area contributed by atoms with Crippen molar-refractivity contribution in [3.8, 4) is 0 Å². The van der Waals surface area contributed by atoms with Gasteiger partial charge in [0.05, 0.1) is 6.04 Å². The van der Waals surface area contributed by atoms with E-state index in [1.165, 1.54) is 0 Å². The molecule has 1 unspecified atom stereocenters. The molecule has 0 radical (unpaired) electrons. The molecule has 2 N–H and O–H groups in total. The highest BCUT2D eigenvalue weighted by molar-refractivity contribution is 6.30. The number of aliphatic carboxylic acids is 1. The summed E-state index contributed by atoms with van der Waals surface area (Å²) in [4.78, 5) is 22.3. The highest BCUT2D eigenvalue weighted by Gasteiger charge is 2.15. The molecular weight excluding hydrogens is 266 g/mol. The summed E-state index contributed by atoms with van der Waals surface area (Å²) < 4.78 is 0. The molecule has 0 heterocycles. The van der Waals surface area contributed by atoms with Crippen LogP contribution in [0.5, 0.6) is 0 Å². The lowest BCUT2D eigenvalue weighted by molar-refractivity contribution is -0.138. The van der Waals surface area contributed by atoms with E-state index in [4.69, 9.17) is 16.7 Å². The summed E-state index contributed by atoms with van der Waals surface area (Å²) in [5, 5.41) is 12.1. The molecule has 1 aromatic carbocycles. The number of hydrogen-bond donors (Lipinski definition) is 2. The van der Waals surface area contributed by atoms with E-state index in [1.54, 1.807) is 19.1 Å². The Morgan fingerprint density at radius 2 is 1.79 bits per heavy atom. The molecule has 1 amide bonds. The molecule has 2 atom stereocenters. The minimum absolute atomic E-state index is 0.00272. The van der Waals surface area contributed by atoms with Crippen LogP contribution in [0, 0.1) is 5.92 Å². The predicted molar refractivity (Wildman–Crippen MR) is 74.0 cm³/mol. The topological polar surface area (TPSA) is 66.4 Å². The van der Waals surface area contributed by atoms with Crippen molar-refractivity contribution in [1.29, 1.82) is 0 Å². The fourth-order valence-corrected chi connectivity index (χ4v) is 1.95. The number of carbonyl (C=O) groups excluding carboxylic acids is 1. The van der Waals surface area contributed by atoms with Gasteiger partial charge in [0.15, 0.2) is 0 Å². The lowest BCUT2D eigenvalue weighted by Gasteiger charge is -2.16. The summed E-state index contributed by atoms with van der Waals surface area (Å²) in [5.74, 6) is -1.20. The van der Waals surface area contributed by atoms with Gasteiger partial charge < -0.3 is 10.4 Å². The van der Waals surface area contributed by atoms with Gasteiger partial charge in [0.2, 0.25) is 5.91 Å². The number of benzene rings is 1. The zero-order valence-electron chi connectivity index (χ0n) is 11.0. The standard InChI is InChI=1S/C14H18ClNO3/c1-9(8-14(18)19)7-13(17)16-10(2)11-3-5-12(15)6-4-11/h3-6,9-10H,7-8H2,1-2H3,(H,16,17)(H,18,19)/t9?,10-/m1/s1. The number of carbonyl (C=O) groups is 2. The van der Waals surface area contributed by atoms with Gasteiger partial charge in [-0.15, -0.1) is 0 Å². The van der Waals surface area contributed by atoms with E-state index in [2.05, 4.69) is 5.32 Å². The van der Waals surface area contributed by atoms with Gasteiger partial charge in [0.1, 0.15) is 0 Å². The van der Waals surface area contributed by atoms with Crippen LogP contribution in [0.2, 0.25) is 5.02 Å². The van der Waals surface area contributed by atoms with Crippen LogP contribution in [0.4, 0.5) is 0 Å². The van der Waals surface area contributed by atoms with Gasteiger partial charge in [-0.1, -0.05) is 30.7 Å². The molecule has 0 aromatic heterocycles. The predicted octanol–water partition coefficient (Wildman–Crippen LogP) is 3.02. The van der Waals surface area contributed by atoms with Crippen LogP contribution in [-0.4, -0.2) is 17.0 Å². The molecule has 4 nitrogen and oxygen atoms in total. The Morgan fingerprint density at radius 3 is 2.32 bits per heavy atom. The molecule has 0 aliphatic carbocycles. The molecule has 0 saturated heterocycles. The van der Waals surface area contributed by atoms with Gasteiger partial charge in [-0.2, -0.15) is 0 Å². The monoisotopic (exact) mass is 283 g/mol. The molecule has 0 aliphatic rings. The van der Waals surface area contributed by atoms with Gasteiger partial charge in [0.25, 0.3) is 0 Å². The summed E-state index contributed by atoms with van der Waals surface area (Å²) >= 11 is 5.80. The molecule has 1 rings (SSSR count). The minimum atomic E-state index is -0.883. The normalized spacial score (nSPS) is 13.6. The number of amides is 1. The Bertz CT molecular complexity index is 445. The fraction of sp³-hybridized carbons (Fsp3) is 0.429. The fourth-order valence-electron chi connectivity index (χ4n) is 1.82. The maximum Gasteiger partial charge on any atom is 0.303 e. The van der Waals surface area contributed by atoms with E-state index in [0.717, 1.165) is 5.56 Å². The molecule has 5 heteroatoms. The van der Waals surface area contributed by atoms with Gasteiger partial charge in [-0.3, -0.25) is 9.59 Å². The third kappa shape index (κ3) is 5.75. The molecule has 0 saturated carbocycles. The van der Waals surface area contributed by atoms with Crippen molar-refractivity contribution in [2.75, 3.05) is 0 Å². The SMILES string of the molecule is CC(CC(=O)O)CC(=O)N[C@H](C)c1ccc(Cl)cc1. The quantitative estimate of drug-likeness (QED) is 0.843. The van der Waals surface area contributed by atoms with E-state index in [9.17, 15) is 9.59 Å². The van der Waals surface area contributed by atoms with Crippen LogP contribution in [0.3, 0.4) is 0 Å². The van der Waals surface area contributed by atoms with Crippen LogP contribution in [-0.2, 0) is 9.59 Å². The summed E-state index contributed by atoms with van der Waals surface area (Å²) in [6.45, 7) is 3.63. The van der Waals surface area contributed by atoms with Crippen LogP contribution in [0.15, 0.2) is 24.3 Å². The third-order valence-corrected chi connectivity index (χ3v) is 3.06. The van der Waals surface area contributed by atoms with Gasteiger partial charge in [-0.25, -0.2) is 0 Å². The van der Waals surface area contributed by atoms with Gasteiger partial charge >= 0.3 is 5.97 Å². The Morgan fingerprint density at radius 1 is 1.21 bits per heavy atom. The first-order valence-electron chi connectivity index (χ1n) is 6.15. The number of hydrogen-bond acceptors (Lipinski definition) is 2. The molecule has 0 bridgehead atoms. The summed E-state index contributed by atoms with van der Waals surface area (Å²) in [6.07, 6.45) is 0.215. The molecular formula is C14H18ClNO3. The van der Waals surface area contributed by atoms with Crippen LogP contribution >= 0.6 is 11.6 Å². The largest absolute Gasteiger partial charge is 0.481 e. The zero-order valence-corrected chi connectivity index (χ0v) is 11.8. The Labute approximate surface area is 117 Å². The Kier molecular flexibility index (Phi) is 5.83. The van der Waals surface area contributed by atoms with Crippen molar-refractivity contribution >= 4 is 23.5 Å². The van der Waals surface area contributed by atoms with Crippen molar-refractivity contribution in [3.05, 3.63) is 34.9 Å². The smallest absolute Gasteiger partial charge is 0.303 e. The molecule has 19 heavy (non-hydrogen) atoms. The maximum atomic E-state index is 11.8. The first-order chi connectivity index (χ1) is 8.88. The minimum Gasteiger partial charge on any atom is -0.481 e. The molecule has 1 aromatic rings. The third-order valence-electron chi connectivity index (χ3n) is 2.80. The first kappa shape index (κ1) is 15.5. The maximum absolute atomic E-state index is 11.8. The second-order valence-electron chi connectivity index (χ2n) is 4.75. The van der Waals surface area contributed by atoms with Crippen molar-refractivity contribution in [3.63, 3.8) is 0 Å². The molecule has 0 fully saturated rings. The van der Waals surface area contributed by atoms with Crippen LogP contribution < -0.4 is 5.32 Å². The molecule has 0 spiro atoms. The van der Waals surface area contributed by atoms with E-state index < -0.39 is 5.97 Å². The highest BCUT2D eigenvalue weighted by atomic mass is 35.5. The van der Waals surface area contributed by atoms with E-state index >= 15 is 0 Å². The number of nitrogens with one attached hydrogen (secondary N) is 1.